The van der Waals surface area contributed by atoms with Crippen LogP contribution in [-0.2, 0) is 10.8 Å². The normalized spacial score (nSPS) is 12.2. The van der Waals surface area contributed by atoms with Crippen LogP contribution in [0.2, 0.25) is 0 Å². The van der Waals surface area contributed by atoms with Gasteiger partial charge in [-0.3, -0.25) is 4.79 Å². The zero-order valence-electron chi connectivity index (χ0n) is 18.4. The van der Waals surface area contributed by atoms with Gasteiger partial charge < -0.3 is 4.42 Å². The van der Waals surface area contributed by atoms with Crippen LogP contribution in [0, 0.1) is 0 Å². The molecule has 0 atom stereocenters. The van der Waals surface area contributed by atoms with Gasteiger partial charge in [0.25, 0.3) is 0 Å². The van der Waals surface area contributed by atoms with Crippen LogP contribution in [0.1, 0.15) is 68.8 Å². The Morgan fingerprint density at radius 1 is 0.793 bits per heavy atom. The Morgan fingerprint density at radius 3 is 1.72 bits per heavy atom. The van der Waals surface area contributed by atoms with Gasteiger partial charge in [-0.2, -0.15) is 0 Å². The van der Waals surface area contributed by atoms with E-state index in [4.69, 9.17) is 4.42 Å². The molecule has 0 saturated heterocycles. The monoisotopic (exact) mass is 406 g/mol. The van der Waals surface area contributed by atoms with Gasteiger partial charge in [-0.1, -0.05) is 90.1 Å². The Labute approximate surface area is 178 Å². The van der Waals surface area contributed by atoms with Gasteiger partial charge in [-0.05, 0) is 34.3 Å². The standard InChI is InChI=1S/C26H30O2S/c1-25(2,3)19-12-8-17(9-13-19)21-16-22(29-7)24(28-21)23(27)18-10-14-20(15-11-18)26(4,5)6/h8-16H,1-7H3. The van der Waals surface area contributed by atoms with Crippen molar-refractivity contribution in [2.75, 3.05) is 6.26 Å². The van der Waals surface area contributed by atoms with Gasteiger partial charge >= 0.3 is 0 Å². The van der Waals surface area contributed by atoms with Gasteiger partial charge in [-0.15, -0.1) is 11.8 Å². The lowest BCUT2D eigenvalue weighted by Crippen LogP contribution is -2.11. The minimum atomic E-state index is -0.0765. The summed E-state index contributed by atoms with van der Waals surface area (Å²) in [6, 6.07) is 18.2. The van der Waals surface area contributed by atoms with E-state index < -0.39 is 0 Å². The highest BCUT2D eigenvalue weighted by Crippen LogP contribution is 2.34. The summed E-state index contributed by atoms with van der Waals surface area (Å²) < 4.78 is 6.06. The molecule has 2 nitrogen and oxygen atoms in total. The van der Waals surface area contributed by atoms with Crippen LogP contribution >= 0.6 is 11.8 Å². The van der Waals surface area contributed by atoms with Crippen molar-refractivity contribution in [1.29, 1.82) is 0 Å². The van der Waals surface area contributed by atoms with Gasteiger partial charge in [0.1, 0.15) is 5.76 Å². The fourth-order valence-corrected chi connectivity index (χ4v) is 3.76. The minimum Gasteiger partial charge on any atom is -0.451 e. The number of rotatable bonds is 4. The van der Waals surface area contributed by atoms with Crippen molar-refractivity contribution in [1.82, 2.24) is 0 Å². The Kier molecular flexibility index (Phi) is 5.82. The van der Waals surface area contributed by atoms with Gasteiger partial charge in [-0.25, -0.2) is 0 Å². The Hall–Kier alpha value is -2.26. The fraction of sp³-hybridized carbons (Fsp3) is 0.346. The third kappa shape index (κ3) is 4.67. The molecule has 1 heterocycles. The first-order valence-corrected chi connectivity index (χ1v) is 11.2. The second-order valence-corrected chi connectivity index (χ2v) is 10.3. The average Bonchev–Trinajstić information content (AvgIpc) is 3.10. The van der Waals surface area contributed by atoms with Crippen LogP contribution in [0.4, 0.5) is 0 Å². The van der Waals surface area contributed by atoms with Crippen molar-refractivity contribution in [2.24, 2.45) is 0 Å². The summed E-state index contributed by atoms with van der Waals surface area (Å²) in [6.07, 6.45) is 1.97. The van der Waals surface area contributed by atoms with E-state index >= 15 is 0 Å². The highest BCUT2D eigenvalue weighted by molar-refractivity contribution is 7.98. The Balaban J connectivity index is 1.93. The van der Waals surface area contributed by atoms with E-state index in [1.807, 2.05) is 36.6 Å². The first kappa shape index (κ1) is 21.4. The molecule has 0 unspecified atom stereocenters. The molecule has 3 aromatic rings. The van der Waals surface area contributed by atoms with Gasteiger partial charge in [0.15, 0.2) is 5.76 Å². The molecule has 0 amide bonds. The number of benzene rings is 2. The number of furan rings is 1. The SMILES string of the molecule is CSc1cc(-c2ccc(C(C)(C)C)cc2)oc1C(=O)c1ccc(C(C)(C)C)cc1. The maximum Gasteiger partial charge on any atom is 0.229 e. The number of thioether (sulfide) groups is 1. The van der Waals surface area contributed by atoms with Crippen LogP contribution in [0.25, 0.3) is 11.3 Å². The molecule has 0 fully saturated rings. The predicted molar refractivity (Wildman–Crippen MR) is 123 cm³/mol. The van der Waals surface area contributed by atoms with E-state index in [0.29, 0.717) is 11.3 Å². The molecule has 0 aliphatic heterocycles. The highest BCUT2D eigenvalue weighted by Gasteiger charge is 2.22. The number of hydrogen-bond acceptors (Lipinski definition) is 3. The Morgan fingerprint density at radius 2 is 1.28 bits per heavy atom. The van der Waals surface area contributed by atoms with E-state index in [2.05, 4.69) is 65.8 Å². The molecule has 2 aromatic carbocycles. The molecule has 0 aliphatic carbocycles. The quantitative estimate of drug-likeness (QED) is 0.332. The van der Waals surface area contributed by atoms with E-state index in [-0.39, 0.29) is 16.6 Å². The number of ketones is 1. The first-order valence-electron chi connectivity index (χ1n) is 9.94. The molecule has 0 bridgehead atoms. The van der Waals surface area contributed by atoms with Crippen molar-refractivity contribution < 1.29 is 9.21 Å². The molecule has 0 N–H and O–H groups in total. The molecule has 1 aromatic heterocycles. The third-order valence-electron chi connectivity index (χ3n) is 5.17. The highest BCUT2D eigenvalue weighted by atomic mass is 32.2. The van der Waals surface area contributed by atoms with Crippen molar-refractivity contribution in [2.45, 2.75) is 57.3 Å². The van der Waals surface area contributed by atoms with Gasteiger partial charge in [0, 0.05) is 11.1 Å². The van der Waals surface area contributed by atoms with Crippen molar-refractivity contribution in [3.8, 4) is 11.3 Å². The van der Waals surface area contributed by atoms with Crippen LogP contribution in [0.3, 0.4) is 0 Å². The molecule has 152 valence electrons. The molecule has 3 heteroatoms. The van der Waals surface area contributed by atoms with E-state index in [1.54, 1.807) is 0 Å². The molecule has 0 radical (unpaired) electrons. The third-order valence-corrected chi connectivity index (χ3v) is 5.92. The largest absolute Gasteiger partial charge is 0.451 e. The maximum absolute atomic E-state index is 13.1. The summed E-state index contributed by atoms with van der Waals surface area (Å²) in [6.45, 7) is 13.1. The molecular weight excluding hydrogens is 376 g/mol. The van der Waals surface area contributed by atoms with Gasteiger partial charge in [0.2, 0.25) is 5.78 Å². The second kappa shape index (κ2) is 7.87. The topological polar surface area (TPSA) is 30.2 Å². The minimum absolute atomic E-state index is 0.0586. The fourth-order valence-electron chi connectivity index (χ4n) is 3.21. The average molecular weight is 407 g/mol. The summed E-state index contributed by atoms with van der Waals surface area (Å²) in [4.78, 5) is 14.0. The molecule has 0 spiro atoms. The smallest absolute Gasteiger partial charge is 0.229 e. The molecule has 29 heavy (non-hydrogen) atoms. The molecule has 0 aliphatic rings. The maximum atomic E-state index is 13.1. The molecular formula is C26H30O2S. The van der Waals surface area contributed by atoms with Crippen LogP contribution in [0.5, 0.6) is 0 Å². The summed E-state index contributed by atoms with van der Waals surface area (Å²) in [7, 11) is 0. The van der Waals surface area contributed by atoms with Gasteiger partial charge in [0.05, 0.1) is 4.90 Å². The first-order chi connectivity index (χ1) is 13.5. The van der Waals surface area contributed by atoms with E-state index in [1.165, 1.54) is 22.9 Å². The van der Waals surface area contributed by atoms with Crippen LogP contribution < -0.4 is 0 Å². The summed E-state index contributed by atoms with van der Waals surface area (Å²) >= 11 is 1.53. The van der Waals surface area contributed by atoms with Crippen LogP contribution in [-0.4, -0.2) is 12.0 Å². The number of hydrogen-bond donors (Lipinski definition) is 0. The van der Waals surface area contributed by atoms with Crippen molar-refractivity contribution in [3.05, 3.63) is 77.0 Å². The summed E-state index contributed by atoms with van der Waals surface area (Å²) in [5.74, 6) is 1.06. The number of carbonyl (C=O) groups is 1. The van der Waals surface area contributed by atoms with Crippen molar-refractivity contribution >= 4 is 17.5 Å². The summed E-state index contributed by atoms with van der Waals surface area (Å²) in [5.41, 5.74) is 4.27. The molecule has 3 rings (SSSR count). The molecule has 0 saturated carbocycles. The lowest BCUT2D eigenvalue weighted by Gasteiger charge is -2.19. The summed E-state index contributed by atoms with van der Waals surface area (Å²) in [5, 5.41) is 0. The van der Waals surface area contributed by atoms with Crippen molar-refractivity contribution in [3.63, 3.8) is 0 Å². The van der Waals surface area contributed by atoms with E-state index in [9.17, 15) is 4.79 Å². The predicted octanol–water partition coefficient (Wildman–Crippen LogP) is 7.49. The lowest BCUT2D eigenvalue weighted by molar-refractivity contribution is 0.101. The second-order valence-electron chi connectivity index (χ2n) is 9.49. The van der Waals surface area contributed by atoms with Crippen LogP contribution in [0.15, 0.2) is 63.9 Å². The lowest BCUT2D eigenvalue weighted by atomic mass is 9.86. The number of carbonyl (C=O) groups excluding carboxylic acids is 1. The van der Waals surface area contributed by atoms with E-state index in [0.717, 1.165) is 16.2 Å². The zero-order chi connectivity index (χ0) is 21.4. The Bertz CT molecular complexity index is 995. The zero-order valence-corrected chi connectivity index (χ0v) is 19.2.